The van der Waals surface area contributed by atoms with Crippen LogP contribution < -0.4 is 10.6 Å². The molecule has 0 aromatic heterocycles. The summed E-state index contributed by atoms with van der Waals surface area (Å²) in [6.45, 7) is 2.43. The number of carbonyl (C=O) groups excluding carboxylic acids is 1. The van der Waals surface area contributed by atoms with Gasteiger partial charge in [-0.2, -0.15) is 0 Å². The van der Waals surface area contributed by atoms with Gasteiger partial charge in [0.05, 0.1) is 11.7 Å². The summed E-state index contributed by atoms with van der Waals surface area (Å²) in [5, 5.41) is 6.35. The molecule has 0 saturated carbocycles. The Bertz CT molecular complexity index is 678. The highest BCUT2D eigenvalue weighted by molar-refractivity contribution is 7.88. The smallest absolute Gasteiger partial charge is 0.224 e. The molecule has 0 spiro atoms. The summed E-state index contributed by atoms with van der Waals surface area (Å²) >= 11 is 0. The van der Waals surface area contributed by atoms with Gasteiger partial charge < -0.3 is 10.6 Å². The molecule has 6 nitrogen and oxygen atoms in total. The van der Waals surface area contributed by atoms with E-state index in [4.69, 9.17) is 0 Å². The molecule has 2 aliphatic heterocycles. The quantitative estimate of drug-likeness (QED) is 0.757. The predicted octanol–water partition coefficient (Wildman–Crippen LogP) is 1.52. The monoisotopic (exact) mass is 401 g/mol. The minimum Gasteiger partial charge on any atom is -0.354 e. The zero-order chi connectivity index (χ0) is 17.7. The first-order valence-corrected chi connectivity index (χ1v) is 10.7. The molecule has 3 rings (SSSR count). The molecule has 2 heterocycles. The van der Waals surface area contributed by atoms with Crippen molar-refractivity contribution >= 4 is 28.3 Å². The lowest BCUT2D eigenvalue weighted by molar-refractivity contribution is -0.126. The number of benzene rings is 1. The van der Waals surface area contributed by atoms with Crippen molar-refractivity contribution in [3.05, 3.63) is 35.9 Å². The fourth-order valence-electron chi connectivity index (χ4n) is 3.58. The van der Waals surface area contributed by atoms with E-state index in [2.05, 4.69) is 10.6 Å². The molecule has 2 saturated heterocycles. The number of rotatable bonds is 6. The van der Waals surface area contributed by atoms with Crippen LogP contribution in [0.1, 0.15) is 31.2 Å². The molecule has 0 radical (unpaired) electrons. The third kappa shape index (κ3) is 5.67. The Labute approximate surface area is 162 Å². The number of amides is 1. The summed E-state index contributed by atoms with van der Waals surface area (Å²) in [6, 6.07) is 9.55. The van der Waals surface area contributed by atoms with Gasteiger partial charge in [-0.15, -0.1) is 12.4 Å². The van der Waals surface area contributed by atoms with E-state index in [1.165, 1.54) is 4.31 Å². The van der Waals surface area contributed by atoms with E-state index >= 15 is 0 Å². The van der Waals surface area contributed by atoms with Crippen molar-refractivity contribution in [3.8, 4) is 0 Å². The molecule has 1 aromatic rings. The summed E-state index contributed by atoms with van der Waals surface area (Å²) in [5.74, 6) is -0.275. The third-order valence-electron chi connectivity index (χ3n) is 5.03. The zero-order valence-corrected chi connectivity index (χ0v) is 16.5. The average Bonchev–Trinajstić information content (AvgIpc) is 3.14. The molecule has 8 heteroatoms. The molecule has 2 aliphatic rings. The van der Waals surface area contributed by atoms with Gasteiger partial charge in [-0.3, -0.25) is 4.79 Å². The van der Waals surface area contributed by atoms with E-state index in [9.17, 15) is 13.2 Å². The largest absolute Gasteiger partial charge is 0.354 e. The minimum absolute atomic E-state index is 0. The molecule has 0 bridgehead atoms. The van der Waals surface area contributed by atoms with E-state index in [0.717, 1.165) is 37.8 Å². The maximum absolute atomic E-state index is 12.7. The highest BCUT2D eigenvalue weighted by Gasteiger charge is 2.32. The van der Waals surface area contributed by atoms with Gasteiger partial charge in [0.15, 0.2) is 0 Å². The van der Waals surface area contributed by atoms with Crippen LogP contribution in [0, 0.1) is 5.92 Å². The molecule has 2 fully saturated rings. The van der Waals surface area contributed by atoms with Crippen molar-refractivity contribution < 1.29 is 13.2 Å². The lowest BCUT2D eigenvalue weighted by Crippen LogP contribution is -2.47. The van der Waals surface area contributed by atoms with E-state index in [1.807, 2.05) is 30.3 Å². The molecule has 26 heavy (non-hydrogen) atoms. The molecular weight excluding hydrogens is 374 g/mol. The van der Waals surface area contributed by atoms with Crippen molar-refractivity contribution in [2.75, 3.05) is 26.2 Å². The van der Waals surface area contributed by atoms with Gasteiger partial charge in [-0.25, -0.2) is 12.7 Å². The first kappa shape index (κ1) is 21.2. The van der Waals surface area contributed by atoms with Gasteiger partial charge in [0.25, 0.3) is 0 Å². The van der Waals surface area contributed by atoms with Crippen LogP contribution in [-0.2, 0) is 20.6 Å². The predicted molar refractivity (Wildman–Crippen MR) is 105 cm³/mol. The van der Waals surface area contributed by atoms with E-state index in [-0.39, 0.29) is 30.0 Å². The summed E-state index contributed by atoms with van der Waals surface area (Å²) in [4.78, 5) is 12.4. The maximum Gasteiger partial charge on any atom is 0.224 e. The minimum atomic E-state index is -3.39. The summed E-state index contributed by atoms with van der Waals surface area (Å²) in [5.41, 5.74) is 0.779. The normalized spacial score (nSPS) is 24.0. The van der Waals surface area contributed by atoms with Crippen molar-refractivity contribution in [2.45, 2.75) is 37.5 Å². The first-order valence-electron chi connectivity index (χ1n) is 9.07. The second kappa shape index (κ2) is 9.69. The third-order valence-corrected chi connectivity index (χ3v) is 6.84. The lowest BCUT2D eigenvalue weighted by atomic mass is 9.98. The SMILES string of the molecule is Cl.O=C(NCC1CCCN1)C1CCCN(S(=O)(=O)Cc2ccccc2)C1. The Balaban J connectivity index is 0.00000243. The number of piperidine rings is 1. The van der Waals surface area contributed by atoms with Crippen LogP contribution in [-0.4, -0.2) is 50.9 Å². The van der Waals surface area contributed by atoms with Crippen LogP contribution in [0.2, 0.25) is 0 Å². The maximum atomic E-state index is 12.7. The van der Waals surface area contributed by atoms with Crippen LogP contribution in [0.3, 0.4) is 0 Å². The number of nitrogens with zero attached hydrogens (tertiary/aromatic N) is 1. The molecule has 2 unspecified atom stereocenters. The van der Waals surface area contributed by atoms with Crippen LogP contribution in [0.15, 0.2) is 30.3 Å². The summed E-state index contributed by atoms with van der Waals surface area (Å²) < 4.78 is 26.8. The molecule has 0 aliphatic carbocycles. The van der Waals surface area contributed by atoms with Crippen LogP contribution >= 0.6 is 12.4 Å². The van der Waals surface area contributed by atoms with Crippen LogP contribution in [0.25, 0.3) is 0 Å². The Morgan fingerprint density at radius 3 is 2.65 bits per heavy atom. The molecular formula is C18H28ClN3O3S. The van der Waals surface area contributed by atoms with Gasteiger partial charge in [-0.05, 0) is 37.8 Å². The van der Waals surface area contributed by atoms with Crippen molar-refractivity contribution in [3.63, 3.8) is 0 Å². The number of hydrogen-bond donors (Lipinski definition) is 2. The second-order valence-corrected chi connectivity index (χ2v) is 8.95. The van der Waals surface area contributed by atoms with Gasteiger partial charge in [0.1, 0.15) is 0 Å². The van der Waals surface area contributed by atoms with Crippen molar-refractivity contribution in [1.82, 2.24) is 14.9 Å². The van der Waals surface area contributed by atoms with Crippen LogP contribution in [0.4, 0.5) is 0 Å². The zero-order valence-electron chi connectivity index (χ0n) is 14.9. The fourth-order valence-corrected chi connectivity index (χ4v) is 5.19. The standard InChI is InChI=1S/C18H27N3O3S.ClH/c22-18(20-12-17-9-4-10-19-17)16-8-5-11-21(13-16)25(23,24)14-15-6-2-1-3-7-15;/h1-3,6-7,16-17,19H,4-5,8-14H2,(H,20,22);1H. The number of sulfonamides is 1. The molecule has 1 amide bonds. The number of carbonyl (C=O) groups is 1. The molecule has 1 aromatic carbocycles. The topological polar surface area (TPSA) is 78.5 Å². The Kier molecular flexibility index (Phi) is 7.88. The van der Waals surface area contributed by atoms with Gasteiger partial charge in [0.2, 0.25) is 15.9 Å². The highest BCUT2D eigenvalue weighted by atomic mass is 35.5. The average molecular weight is 402 g/mol. The number of hydrogen-bond acceptors (Lipinski definition) is 4. The molecule has 146 valence electrons. The summed E-state index contributed by atoms with van der Waals surface area (Å²) in [7, 11) is -3.39. The van der Waals surface area contributed by atoms with Crippen LogP contribution in [0.5, 0.6) is 0 Å². The second-order valence-electron chi connectivity index (χ2n) is 6.98. The van der Waals surface area contributed by atoms with Gasteiger partial charge in [-0.1, -0.05) is 30.3 Å². The summed E-state index contributed by atoms with van der Waals surface area (Å²) in [6.07, 6.45) is 3.72. The van der Waals surface area contributed by atoms with E-state index in [0.29, 0.717) is 25.7 Å². The van der Waals surface area contributed by atoms with E-state index in [1.54, 1.807) is 0 Å². The Morgan fingerprint density at radius 1 is 1.19 bits per heavy atom. The lowest BCUT2D eigenvalue weighted by Gasteiger charge is -2.31. The number of halogens is 1. The molecule has 2 N–H and O–H groups in total. The Hall–Kier alpha value is -1.15. The van der Waals surface area contributed by atoms with E-state index < -0.39 is 10.0 Å². The fraction of sp³-hybridized carbons (Fsp3) is 0.611. The molecule has 2 atom stereocenters. The van der Waals surface area contributed by atoms with Gasteiger partial charge in [0, 0.05) is 25.7 Å². The first-order chi connectivity index (χ1) is 12.0. The van der Waals surface area contributed by atoms with Crippen molar-refractivity contribution in [2.24, 2.45) is 5.92 Å². The number of nitrogens with one attached hydrogen (secondary N) is 2. The van der Waals surface area contributed by atoms with Gasteiger partial charge >= 0.3 is 0 Å². The highest BCUT2D eigenvalue weighted by Crippen LogP contribution is 2.21. The van der Waals surface area contributed by atoms with Crippen molar-refractivity contribution in [1.29, 1.82) is 0 Å². The Morgan fingerprint density at radius 2 is 1.96 bits per heavy atom.